The normalized spacial score (nSPS) is 43.0. The number of hydrogen-bond donors (Lipinski definition) is 0. The lowest BCUT2D eigenvalue weighted by Crippen LogP contribution is -2.01. The van der Waals surface area contributed by atoms with Crippen LogP contribution in [0, 0.1) is 12.3 Å². The summed E-state index contributed by atoms with van der Waals surface area (Å²) in [6.07, 6.45) is 9.23. The van der Waals surface area contributed by atoms with Crippen LogP contribution in [0.5, 0.6) is 0 Å². The van der Waals surface area contributed by atoms with Crippen LogP contribution in [0.2, 0.25) is 0 Å². The Bertz CT molecular complexity index is 118. The standard InChI is InChI=1S/C7H8S/c1-2-6-4-5-8-7(6)3-1/h1-2,6-7H,3,5H2. The summed E-state index contributed by atoms with van der Waals surface area (Å²) < 4.78 is 0. The van der Waals surface area contributed by atoms with Gasteiger partial charge in [-0.05, 0) is 12.3 Å². The Labute approximate surface area is 54.4 Å². The number of hydrogen-bond acceptors (Lipinski definition) is 1. The van der Waals surface area contributed by atoms with E-state index in [-0.39, 0.29) is 0 Å². The van der Waals surface area contributed by atoms with Crippen LogP contribution in [-0.4, -0.2) is 11.0 Å². The Kier molecular flexibility index (Phi) is 1.11. The van der Waals surface area contributed by atoms with Crippen LogP contribution in [0.15, 0.2) is 12.2 Å². The fourth-order valence-corrected chi connectivity index (χ4v) is 2.40. The minimum absolute atomic E-state index is 0.708. The summed E-state index contributed by atoms with van der Waals surface area (Å²) in [6, 6.07) is 0. The van der Waals surface area contributed by atoms with E-state index in [0.29, 0.717) is 5.92 Å². The van der Waals surface area contributed by atoms with Crippen molar-refractivity contribution in [3.8, 4) is 0 Å². The van der Waals surface area contributed by atoms with Gasteiger partial charge in [-0.15, -0.1) is 0 Å². The van der Waals surface area contributed by atoms with E-state index >= 15 is 0 Å². The van der Waals surface area contributed by atoms with Crippen molar-refractivity contribution in [1.82, 2.24) is 0 Å². The molecule has 0 aromatic carbocycles. The zero-order valence-electron chi connectivity index (χ0n) is 4.63. The van der Waals surface area contributed by atoms with E-state index in [1.807, 2.05) is 11.8 Å². The Morgan fingerprint density at radius 3 is 3.50 bits per heavy atom. The fourth-order valence-electron chi connectivity index (χ4n) is 1.25. The predicted octanol–water partition coefficient (Wildman–Crippen LogP) is 1.76. The molecule has 1 aliphatic heterocycles. The monoisotopic (exact) mass is 124 g/mol. The summed E-state index contributed by atoms with van der Waals surface area (Å²) in [6.45, 7) is 0. The first-order valence-corrected chi connectivity index (χ1v) is 4.03. The van der Waals surface area contributed by atoms with Crippen LogP contribution >= 0.6 is 11.8 Å². The minimum Gasteiger partial charge on any atom is -0.157 e. The average Bonchev–Trinajstić information content (AvgIpc) is 2.15. The first-order chi connectivity index (χ1) is 3.97. The predicted molar refractivity (Wildman–Crippen MR) is 36.7 cm³/mol. The largest absolute Gasteiger partial charge is 0.157 e. The molecule has 0 N–H and O–H groups in total. The molecule has 1 aliphatic carbocycles. The van der Waals surface area contributed by atoms with Crippen LogP contribution in [0.1, 0.15) is 6.42 Å². The molecule has 2 unspecified atom stereocenters. The Morgan fingerprint density at radius 2 is 2.62 bits per heavy atom. The van der Waals surface area contributed by atoms with Gasteiger partial charge in [0.25, 0.3) is 0 Å². The highest BCUT2D eigenvalue weighted by Crippen LogP contribution is 2.38. The van der Waals surface area contributed by atoms with Gasteiger partial charge < -0.3 is 0 Å². The van der Waals surface area contributed by atoms with Crippen LogP contribution < -0.4 is 0 Å². The van der Waals surface area contributed by atoms with Gasteiger partial charge in [-0.2, -0.15) is 11.8 Å². The molecule has 1 saturated heterocycles. The van der Waals surface area contributed by atoms with E-state index in [9.17, 15) is 0 Å². The third-order valence-electron chi connectivity index (χ3n) is 1.73. The molecule has 1 fully saturated rings. The van der Waals surface area contributed by atoms with Gasteiger partial charge in [-0.1, -0.05) is 12.2 Å². The van der Waals surface area contributed by atoms with Crippen molar-refractivity contribution in [1.29, 1.82) is 0 Å². The molecule has 2 radical (unpaired) electrons. The molecule has 0 saturated carbocycles. The zero-order valence-corrected chi connectivity index (χ0v) is 5.45. The third-order valence-corrected chi connectivity index (χ3v) is 2.98. The molecular formula is C7H8S. The molecule has 0 aromatic rings. The van der Waals surface area contributed by atoms with Crippen LogP contribution in [0.25, 0.3) is 0 Å². The quantitative estimate of drug-likeness (QED) is 0.443. The highest BCUT2D eigenvalue weighted by molar-refractivity contribution is 8.00. The van der Waals surface area contributed by atoms with E-state index < -0.39 is 0 Å². The van der Waals surface area contributed by atoms with Crippen LogP contribution in [0.4, 0.5) is 0 Å². The number of thioether (sulfide) groups is 1. The summed E-state index contributed by atoms with van der Waals surface area (Å²) in [4.78, 5) is 0. The lowest BCUT2D eigenvalue weighted by molar-refractivity contribution is 0.773. The van der Waals surface area contributed by atoms with Gasteiger partial charge in [0.1, 0.15) is 0 Å². The molecule has 42 valence electrons. The summed E-state index contributed by atoms with van der Waals surface area (Å²) >= 11 is 2.04. The van der Waals surface area contributed by atoms with Crippen molar-refractivity contribution in [2.45, 2.75) is 11.7 Å². The summed E-state index contributed by atoms with van der Waals surface area (Å²) in [5.41, 5.74) is 0. The highest BCUT2D eigenvalue weighted by Gasteiger charge is 2.28. The number of rotatable bonds is 0. The van der Waals surface area contributed by atoms with Crippen molar-refractivity contribution >= 4 is 11.8 Å². The Morgan fingerprint density at radius 1 is 1.62 bits per heavy atom. The second kappa shape index (κ2) is 1.80. The van der Waals surface area contributed by atoms with Gasteiger partial charge in [0.15, 0.2) is 0 Å². The van der Waals surface area contributed by atoms with Crippen LogP contribution in [0.3, 0.4) is 0 Å². The molecule has 2 rings (SSSR count). The van der Waals surface area contributed by atoms with Crippen molar-refractivity contribution in [3.05, 3.63) is 18.6 Å². The van der Waals surface area contributed by atoms with Gasteiger partial charge in [0.2, 0.25) is 0 Å². The van der Waals surface area contributed by atoms with Gasteiger partial charge >= 0.3 is 0 Å². The van der Waals surface area contributed by atoms with Crippen molar-refractivity contribution in [3.63, 3.8) is 0 Å². The first kappa shape index (κ1) is 4.92. The van der Waals surface area contributed by atoms with Gasteiger partial charge in [-0.25, -0.2) is 0 Å². The minimum atomic E-state index is 0.708. The molecule has 0 spiro atoms. The second-order valence-corrected chi connectivity index (χ2v) is 3.47. The SMILES string of the molecule is [C]1CSC2CC=CC12. The van der Waals surface area contributed by atoms with Crippen molar-refractivity contribution in [2.24, 2.45) is 5.92 Å². The molecule has 1 heterocycles. The second-order valence-electron chi connectivity index (χ2n) is 2.24. The molecule has 0 bridgehead atoms. The molecule has 1 heteroatoms. The van der Waals surface area contributed by atoms with Crippen molar-refractivity contribution in [2.75, 3.05) is 5.75 Å². The molecule has 2 atom stereocenters. The third kappa shape index (κ3) is 0.609. The van der Waals surface area contributed by atoms with E-state index in [1.54, 1.807) is 0 Å². The topological polar surface area (TPSA) is 0 Å². The number of allylic oxidation sites excluding steroid dienone is 2. The van der Waals surface area contributed by atoms with Gasteiger partial charge in [-0.3, -0.25) is 0 Å². The highest BCUT2D eigenvalue weighted by atomic mass is 32.2. The summed E-state index contributed by atoms with van der Waals surface area (Å²) in [7, 11) is 0. The summed E-state index contributed by atoms with van der Waals surface area (Å²) in [5, 5.41) is 0.870. The zero-order chi connectivity index (χ0) is 5.40. The maximum atomic E-state index is 3.39. The maximum Gasteiger partial charge on any atom is 0.0151 e. The Balaban J connectivity index is 2.13. The van der Waals surface area contributed by atoms with E-state index in [4.69, 9.17) is 0 Å². The molecule has 8 heavy (non-hydrogen) atoms. The Hall–Kier alpha value is 0.0900. The van der Waals surface area contributed by atoms with E-state index in [2.05, 4.69) is 18.6 Å². The number of fused-ring (bicyclic) bond motifs is 1. The van der Waals surface area contributed by atoms with Crippen LogP contribution in [-0.2, 0) is 0 Å². The van der Waals surface area contributed by atoms with Gasteiger partial charge in [0.05, 0.1) is 0 Å². The molecule has 2 aliphatic rings. The first-order valence-electron chi connectivity index (χ1n) is 2.98. The average molecular weight is 124 g/mol. The lowest BCUT2D eigenvalue weighted by Gasteiger charge is -2.03. The van der Waals surface area contributed by atoms with E-state index in [0.717, 1.165) is 11.0 Å². The molecular weight excluding hydrogens is 116 g/mol. The molecule has 0 amide bonds. The lowest BCUT2D eigenvalue weighted by atomic mass is 10.1. The van der Waals surface area contributed by atoms with Gasteiger partial charge in [0, 0.05) is 17.4 Å². The van der Waals surface area contributed by atoms with Crippen molar-refractivity contribution < 1.29 is 0 Å². The smallest absolute Gasteiger partial charge is 0.0151 e. The molecule has 0 nitrogen and oxygen atoms in total. The maximum absolute atomic E-state index is 3.39. The van der Waals surface area contributed by atoms with E-state index in [1.165, 1.54) is 6.42 Å². The fraction of sp³-hybridized carbons (Fsp3) is 0.571. The summed E-state index contributed by atoms with van der Waals surface area (Å²) in [5.74, 6) is 1.86. The molecule has 0 aromatic heterocycles.